The summed E-state index contributed by atoms with van der Waals surface area (Å²) in [5.41, 5.74) is 1.22. The lowest BCUT2D eigenvalue weighted by atomic mass is 9.46. The molecule has 0 amide bonds. The number of sulfone groups is 1. The zero-order valence-electron chi connectivity index (χ0n) is 20.3. The highest BCUT2D eigenvalue weighted by Gasteiger charge is 2.61. The molecule has 4 aliphatic carbocycles. The Morgan fingerprint density at radius 2 is 1.79 bits per heavy atom. The Balaban J connectivity index is 1.38. The summed E-state index contributed by atoms with van der Waals surface area (Å²) >= 11 is 0. The van der Waals surface area contributed by atoms with E-state index in [2.05, 4.69) is 26.8 Å². The summed E-state index contributed by atoms with van der Waals surface area (Å²) in [4.78, 5) is 0.437. The van der Waals surface area contributed by atoms with Gasteiger partial charge in [-0.25, -0.2) is 8.42 Å². The van der Waals surface area contributed by atoms with Crippen molar-refractivity contribution in [2.75, 3.05) is 5.75 Å². The highest BCUT2D eigenvalue weighted by atomic mass is 32.2. The monoisotopic (exact) mass is 472 g/mol. The van der Waals surface area contributed by atoms with Crippen molar-refractivity contribution in [3.05, 3.63) is 42.0 Å². The molecule has 4 nitrogen and oxygen atoms in total. The van der Waals surface area contributed by atoms with Gasteiger partial charge < -0.3 is 10.2 Å². The lowest BCUT2D eigenvalue weighted by Gasteiger charge is -2.59. The fourth-order valence-corrected chi connectivity index (χ4v) is 10.6. The second kappa shape index (κ2) is 8.20. The van der Waals surface area contributed by atoms with E-state index in [1.807, 2.05) is 6.07 Å². The third-order valence-electron chi connectivity index (χ3n) is 10.5. The molecule has 3 saturated carbocycles. The Morgan fingerprint density at radius 1 is 1.06 bits per heavy atom. The maximum atomic E-state index is 13.1. The predicted octanol–water partition coefficient (Wildman–Crippen LogP) is 5.01. The Kier molecular flexibility index (Phi) is 5.86. The lowest BCUT2D eigenvalue weighted by Crippen LogP contribution is -2.55. The number of benzene rings is 1. The molecule has 33 heavy (non-hydrogen) atoms. The quantitative estimate of drug-likeness (QED) is 0.604. The van der Waals surface area contributed by atoms with Gasteiger partial charge in [0.2, 0.25) is 0 Å². The average molecular weight is 473 g/mol. The Hall–Kier alpha value is -1.17. The van der Waals surface area contributed by atoms with Gasteiger partial charge in [0.05, 0.1) is 22.9 Å². The van der Waals surface area contributed by atoms with Gasteiger partial charge >= 0.3 is 0 Å². The standard InChI is InChI=1S/C28H40O4S/c1-18(17-33(31,32)21-7-5-4-6-8-21)23-11-12-24-22-10-9-19-15-20(29)16-26(30)28(19,3)25(22)13-14-27(23,24)2/h4-9,18,20,22-26,29-30H,10-17H2,1-3H3/t18?,20-,22+,23-,24+,25+,26?,27-,28+/m1/s1. The van der Waals surface area contributed by atoms with E-state index in [1.54, 1.807) is 24.3 Å². The molecule has 0 saturated heterocycles. The van der Waals surface area contributed by atoms with E-state index in [-0.39, 0.29) is 22.5 Å². The van der Waals surface area contributed by atoms with Crippen molar-refractivity contribution in [2.24, 2.45) is 40.4 Å². The van der Waals surface area contributed by atoms with Crippen LogP contribution in [0.1, 0.15) is 65.7 Å². The molecule has 3 fully saturated rings. The molecule has 1 aromatic carbocycles. The molecule has 0 aromatic heterocycles. The first-order valence-corrected chi connectivity index (χ1v) is 14.6. The lowest BCUT2D eigenvalue weighted by molar-refractivity contribution is -0.107. The van der Waals surface area contributed by atoms with E-state index in [0.717, 1.165) is 32.1 Å². The number of rotatable bonds is 4. The molecule has 2 unspecified atom stereocenters. The molecule has 5 heteroatoms. The molecule has 1 aromatic rings. The Morgan fingerprint density at radius 3 is 2.52 bits per heavy atom. The van der Waals surface area contributed by atoms with Gasteiger partial charge in [0, 0.05) is 11.8 Å². The Labute approximate surface area is 199 Å². The van der Waals surface area contributed by atoms with Crippen LogP contribution in [0.5, 0.6) is 0 Å². The molecular weight excluding hydrogens is 432 g/mol. The highest BCUT2D eigenvalue weighted by molar-refractivity contribution is 7.91. The minimum atomic E-state index is -3.29. The second-order valence-electron chi connectivity index (χ2n) is 12.0. The number of hydrogen-bond donors (Lipinski definition) is 2. The van der Waals surface area contributed by atoms with E-state index in [0.29, 0.717) is 41.4 Å². The smallest absolute Gasteiger partial charge is 0.178 e. The van der Waals surface area contributed by atoms with Crippen LogP contribution < -0.4 is 0 Å². The maximum absolute atomic E-state index is 13.1. The van der Waals surface area contributed by atoms with E-state index in [4.69, 9.17) is 0 Å². The first-order chi connectivity index (χ1) is 15.6. The molecule has 0 spiro atoms. The van der Waals surface area contributed by atoms with Crippen molar-refractivity contribution in [1.29, 1.82) is 0 Å². The van der Waals surface area contributed by atoms with Crippen LogP contribution in [-0.2, 0) is 9.84 Å². The highest BCUT2D eigenvalue weighted by Crippen LogP contribution is 2.67. The van der Waals surface area contributed by atoms with Gasteiger partial charge in [-0.1, -0.05) is 50.6 Å². The molecule has 4 aliphatic rings. The number of hydrogen-bond acceptors (Lipinski definition) is 4. The summed E-state index contributed by atoms with van der Waals surface area (Å²) in [7, 11) is -3.29. The van der Waals surface area contributed by atoms with Crippen LogP contribution in [0.3, 0.4) is 0 Å². The number of fused-ring (bicyclic) bond motifs is 5. The first kappa shape index (κ1) is 23.6. The van der Waals surface area contributed by atoms with Crippen LogP contribution in [-0.4, -0.2) is 36.6 Å². The van der Waals surface area contributed by atoms with Crippen molar-refractivity contribution in [3.8, 4) is 0 Å². The Bertz CT molecular complexity index is 1020. The molecule has 0 heterocycles. The fraction of sp³-hybridized carbons (Fsp3) is 0.714. The normalized spacial score (nSPS) is 43.7. The van der Waals surface area contributed by atoms with Crippen molar-refractivity contribution >= 4 is 9.84 Å². The fourth-order valence-electron chi connectivity index (χ4n) is 8.86. The maximum Gasteiger partial charge on any atom is 0.178 e. The van der Waals surface area contributed by atoms with Crippen LogP contribution in [0.15, 0.2) is 46.9 Å². The summed E-state index contributed by atoms with van der Waals surface area (Å²) in [6, 6.07) is 8.89. The topological polar surface area (TPSA) is 74.6 Å². The van der Waals surface area contributed by atoms with Crippen molar-refractivity contribution in [2.45, 2.75) is 82.8 Å². The summed E-state index contributed by atoms with van der Waals surface area (Å²) < 4.78 is 26.2. The van der Waals surface area contributed by atoms with Gasteiger partial charge in [-0.15, -0.1) is 0 Å². The number of allylic oxidation sites excluding steroid dienone is 1. The van der Waals surface area contributed by atoms with E-state index < -0.39 is 22.0 Å². The number of aliphatic hydroxyl groups excluding tert-OH is 2. The molecule has 182 valence electrons. The zero-order valence-corrected chi connectivity index (χ0v) is 21.1. The van der Waals surface area contributed by atoms with E-state index in [1.165, 1.54) is 5.57 Å². The first-order valence-electron chi connectivity index (χ1n) is 12.9. The minimum Gasteiger partial charge on any atom is -0.393 e. The van der Waals surface area contributed by atoms with Gasteiger partial charge in [0.1, 0.15) is 0 Å². The summed E-state index contributed by atoms with van der Waals surface area (Å²) in [5.74, 6) is 2.35. The van der Waals surface area contributed by atoms with Crippen LogP contribution in [0.2, 0.25) is 0 Å². The summed E-state index contributed by atoms with van der Waals surface area (Å²) in [5, 5.41) is 21.3. The predicted molar refractivity (Wildman–Crippen MR) is 130 cm³/mol. The second-order valence-corrected chi connectivity index (χ2v) is 14.1. The number of aliphatic hydroxyl groups is 2. The van der Waals surface area contributed by atoms with Crippen LogP contribution in [0.4, 0.5) is 0 Å². The SMILES string of the molecule is CC(CS(=O)(=O)c1ccccc1)[C@H]1CC[C@H]2[C@@H]3CC=C4C[C@@H](O)CC(O)[C@]4(C)[C@H]3CC[C@]12C. The van der Waals surface area contributed by atoms with Crippen molar-refractivity contribution in [1.82, 2.24) is 0 Å². The van der Waals surface area contributed by atoms with E-state index >= 15 is 0 Å². The zero-order chi connectivity index (χ0) is 23.6. The van der Waals surface area contributed by atoms with Gasteiger partial charge in [0.25, 0.3) is 0 Å². The van der Waals surface area contributed by atoms with Crippen molar-refractivity contribution in [3.63, 3.8) is 0 Å². The van der Waals surface area contributed by atoms with Gasteiger partial charge in [0.15, 0.2) is 9.84 Å². The third-order valence-corrected chi connectivity index (χ3v) is 12.5. The molecule has 9 atom stereocenters. The van der Waals surface area contributed by atoms with Gasteiger partial charge in [-0.2, -0.15) is 0 Å². The average Bonchev–Trinajstić information content (AvgIpc) is 3.12. The molecule has 2 N–H and O–H groups in total. The van der Waals surface area contributed by atoms with Gasteiger partial charge in [-0.05, 0) is 85.7 Å². The van der Waals surface area contributed by atoms with Crippen LogP contribution in [0.25, 0.3) is 0 Å². The van der Waals surface area contributed by atoms with Crippen molar-refractivity contribution < 1.29 is 18.6 Å². The van der Waals surface area contributed by atoms with Crippen LogP contribution in [0, 0.1) is 40.4 Å². The molecule has 5 rings (SSSR count). The molecule has 0 radical (unpaired) electrons. The molecule has 0 aliphatic heterocycles. The summed E-state index contributed by atoms with van der Waals surface area (Å²) in [6.45, 7) is 6.83. The van der Waals surface area contributed by atoms with Gasteiger partial charge in [-0.3, -0.25) is 0 Å². The van der Waals surface area contributed by atoms with Crippen LogP contribution >= 0.6 is 0 Å². The minimum absolute atomic E-state index is 0.127. The largest absolute Gasteiger partial charge is 0.393 e. The molecule has 0 bridgehead atoms. The summed E-state index contributed by atoms with van der Waals surface area (Å²) in [6.07, 6.45) is 8.13. The van der Waals surface area contributed by atoms with E-state index in [9.17, 15) is 18.6 Å². The molecular formula is C28H40O4S. The third kappa shape index (κ3) is 3.65.